The average molecular weight is 210 g/mol. The van der Waals surface area contributed by atoms with Gasteiger partial charge in [0.25, 0.3) is 0 Å². The fourth-order valence-electron chi connectivity index (χ4n) is 1.26. The minimum atomic E-state index is 0.722. The van der Waals surface area contributed by atoms with Crippen LogP contribution in [0.25, 0.3) is 0 Å². The highest BCUT2D eigenvalue weighted by atomic mass is 32.0. The molecule has 0 saturated carbocycles. The molecule has 0 N–H and O–H groups in total. The van der Waals surface area contributed by atoms with Gasteiger partial charge in [-0.05, 0) is 24.3 Å². The topological polar surface area (TPSA) is 0 Å². The van der Waals surface area contributed by atoms with Gasteiger partial charge in [-0.25, -0.2) is 0 Å². The maximum atomic E-state index is 2.72. The molecule has 13 heavy (non-hydrogen) atoms. The van der Waals surface area contributed by atoms with Crippen LogP contribution in [0, 0.1) is 5.92 Å². The van der Waals surface area contributed by atoms with Crippen molar-refractivity contribution in [2.75, 3.05) is 0 Å². The molecule has 0 radical (unpaired) electrons. The van der Waals surface area contributed by atoms with Crippen molar-refractivity contribution >= 4 is 22.6 Å². The third-order valence-electron chi connectivity index (χ3n) is 2.07. The molecular formula is C11H16P2. The van der Waals surface area contributed by atoms with Crippen molar-refractivity contribution in [2.24, 2.45) is 5.92 Å². The molecule has 0 aliphatic carbocycles. The monoisotopic (exact) mass is 210 g/mol. The van der Waals surface area contributed by atoms with Gasteiger partial charge in [0, 0.05) is 0 Å². The summed E-state index contributed by atoms with van der Waals surface area (Å²) in [6, 6.07) is 10.7. The lowest BCUT2D eigenvalue weighted by Crippen LogP contribution is -1.96. The number of hydrogen-bond acceptors (Lipinski definition) is 0. The molecular weight excluding hydrogens is 194 g/mol. The van der Waals surface area contributed by atoms with Gasteiger partial charge in [-0.15, -0.1) is 0 Å². The SMILES string of the molecule is CC(/C=P/P)CCc1ccccc1. The second kappa shape index (κ2) is 6.30. The van der Waals surface area contributed by atoms with Crippen molar-refractivity contribution in [3.05, 3.63) is 35.9 Å². The van der Waals surface area contributed by atoms with Crippen molar-refractivity contribution in [2.45, 2.75) is 19.8 Å². The van der Waals surface area contributed by atoms with E-state index in [-0.39, 0.29) is 0 Å². The molecule has 1 aromatic rings. The summed E-state index contributed by atoms with van der Waals surface area (Å²) in [4.78, 5) is 0. The predicted octanol–water partition coefficient (Wildman–Crippen LogP) is 3.79. The molecule has 0 aliphatic rings. The quantitative estimate of drug-likeness (QED) is 0.663. The summed E-state index contributed by atoms with van der Waals surface area (Å²) in [5.41, 5.74) is 1.45. The Morgan fingerprint density at radius 2 is 2.08 bits per heavy atom. The molecule has 0 spiro atoms. The van der Waals surface area contributed by atoms with E-state index in [9.17, 15) is 0 Å². The van der Waals surface area contributed by atoms with Gasteiger partial charge in [0.2, 0.25) is 0 Å². The summed E-state index contributed by atoms with van der Waals surface area (Å²) >= 11 is 0. The van der Waals surface area contributed by atoms with Crippen LogP contribution in [0.3, 0.4) is 0 Å². The van der Waals surface area contributed by atoms with Gasteiger partial charge in [0.05, 0.1) is 0 Å². The smallest absolute Gasteiger partial charge is 0.0212 e. The van der Waals surface area contributed by atoms with E-state index in [2.05, 4.69) is 52.0 Å². The van der Waals surface area contributed by atoms with Crippen LogP contribution >= 0.6 is 16.8 Å². The largest absolute Gasteiger partial charge is 0.0870 e. The molecule has 2 heteroatoms. The van der Waals surface area contributed by atoms with Crippen LogP contribution in [0.4, 0.5) is 0 Å². The van der Waals surface area contributed by atoms with E-state index in [1.54, 1.807) is 0 Å². The van der Waals surface area contributed by atoms with Gasteiger partial charge < -0.3 is 0 Å². The molecule has 0 fully saturated rings. The van der Waals surface area contributed by atoms with Crippen LogP contribution in [0.1, 0.15) is 18.9 Å². The minimum absolute atomic E-state index is 0.722. The lowest BCUT2D eigenvalue weighted by molar-refractivity contribution is 0.700. The van der Waals surface area contributed by atoms with Crippen LogP contribution in [0.15, 0.2) is 30.3 Å². The standard InChI is InChI=1S/C11H16P2/c1-10(9-13-12)7-8-11-5-3-2-4-6-11/h2-6,9-10H,7-8,12H2,1H3. The Balaban J connectivity index is 2.35. The lowest BCUT2D eigenvalue weighted by Gasteiger charge is -2.04. The van der Waals surface area contributed by atoms with Gasteiger partial charge in [-0.2, -0.15) is 0 Å². The van der Waals surface area contributed by atoms with E-state index in [0.717, 1.165) is 5.92 Å². The highest BCUT2D eigenvalue weighted by Crippen LogP contribution is 2.13. The van der Waals surface area contributed by atoms with E-state index in [4.69, 9.17) is 0 Å². The fraction of sp³-hybridized carbons (Fsp3) is 0.364. The molecule has 0 heterocycles. The summed E-state index contributed by atoms with van der Waals surface area (Å²) in [7, 11) is 4.04. The summed E-state index contributed by atoms with van der Waals surface area (Å²) < 4.78 is 0. The van der Waals surface area contributed by atoms with E-state index >= 15 is 0 Å². The molecule has 0 aliphatic heterocycles. The number of hydrogen-bond donors (Lipinski definition) is 0. The van der Waals surface area contributed by atoms with E-state index < -0.39 is 0 Å². The Morgan fingerprint density at radius 3 is 2.69 bits per heavy atom. The molecule has 0 saturated heterocycles. The summed E-state index contributed by atoms with van der Waals surface area (Å²) in [5, 5.41) is 0. The van der Waals surface area contributed by atoms with Crippen LogP contribution in [-0.2, 0) is 6.42 Å². The molecule has 0 aromatic heterocycles. The Morgan fingerprint density at radius 1 is 1.38 bits per heavy atom. The third-order valence-corrected chi connectivity index (χ3v) is 3.27. The number of benzene rings is 1. The predicted molar refractivity (Wildman–Crippen MR) is 66.6 cm³/mol. The first kappa shape index (κ1) is 10.9. The molecule has 1 rings (SSSR count). The van der Waals surface area contributed by atoms with Crippen LogP contribution in [0.2, 0.25) is 0 Å². The zero-order valence-electron chi connectivity index (χ0n) is 7.98. The zero-order valence-corrected chi connectivity index (χ0v) is 10.0. The molecule has 1 aromatic carbocycles. The zero-order chi connectivity index (χ0) is 9.52. The van der Waals surface area contributed by atoms with Crippen LogP contribution in [-0.4, -0.2) is 5.80 Å². The Bertz CT molecular complexity index is 254. The molecule has 70 valence electrons. The maximum Gasteiger partial charge on any atom is -0.0212 e. The molecule has 0 nitrogen and oxygen atoms in total. The van der Waals surface area contributed by atoms with Gasteiger partial charge in [-0.3, -0.25) is 0 Å². The normalized spacial score (nSPS) is 13.4. The fourth-order valence-corrected chi connectivity index (χ4v) is 2.58. The van der Waals surface area contributed by atoms with Crippen LogP contribution < -0.4 is 0 Å². The minimum Gasteiger partial charge on any atom is -0.0870 e. The molecule has 0 bridgehead atoms. The van der Waals surface area contributed by atoms with Gasteiger partial charge in [0.1, 0.15) is 0 Å². The van der Waals surface area contributed by atoms with Crippen molar-refractivity contribution in [3.8, 4) is 0 Å². The number of rotatable bonds is 4. The molecule has 2 atom stereocenters. The summed E-state index contributed by atoms with van der Waals surface area (Å²) in [6.45, 7) is 2.28. The van der Waals surface area contributed by atoms with Gasteiger partial charge >= 0.3 is 0 Å². The second-order valence-electron chi connectivity index (χ2n) is 3.30. The third kappa shape index (κ3) is 4.55. The molecule has 2 unspecified atom stereocenters. The van der Waals surface area contributed by atoms with E-state index in [1.165, 1.54) is 26.3 Å². The maximum absolute atomic E-state index is 2.72. The first-order chi connectivity index (χ1) is 6.33. The van der Waals surface area contributed by atoms with Crippen LogP contribution in [0.5, 0.6) is 0 Å². The van der Waals surface area contributed by atoms with Crippen molar-refractivity contribution < 1.29 is 0 Å². The average Bonchev–Trinajstić information content (AvgIpc) is 2.17. The van der Waals surface area contributed by atoms with E-state index in [0.29, 0.717) is 0 Å². The molecule has 0 amide bonds. The Hall–Kier alpha value is -0.180. The second-order valence-corrected chi connectivity index (χ2v) is 4.79. The van der Waals surface area contributed by atoms with Gasteiger partial charge in [0.15, 0.2) is 0 Å². The first-order valence-electron chi connectivity index (χ1n) is 4.60. The van der Waals surface area contributed by atoms with Crippen molar-refractivity contribution in [1.82, 2.24) is 0 Å². The summed E-state index contributed by atoms with van der Waals surface area (Å²) in [6.07, 6.45) is 2.45. The van der Waals surface area contributed by atoms with Crippen molar-refractivity contribution in [1.29, 1.82) is 0 Å². The lowest BCUT2D eigenvalue weighted by atomic mass is 10.0. The highest BCUT2D eigenvalue weighted by Gasteiger charge is 1.97. The Labute approximate surface area is 84.7 Å². The highest BCUT2D eigenvalue weighted by molar-refractivity contribution is 8.01. The van der Waals surface area contributed by atoms with Crippen molar-refractivity contribution in [3.63, 3.8) is 0 Å². The summed E-state index contributed by atoms with van der Waals surface area (Å²) in [5.74, 6) is 3.05. The first-order valence-corrected chi connectivity index (χ1v) is 7.18. The van der Waals surface area contributed by atoms with Gasteiger partial charge in [-0.1, -0.05) is 59.9 Å². The van der Waals surface area contributed by atoms with E-state index in [1.807, 2.05) is 0 Å². The number of aryl methyl sites for hydroxylation is 1. The Kier molecular flexibility index (Phi) is 5.28.